The maximum atomic E-state index is 12.4. The topological polar surface area (TPSA) is 117 Å². The van der Waals surface area contributed by atoms with E-state index in [1.54, 1.807) is 19.2 Å². The number of amides is 1. The van der Waals surface area contributed by atoms with Crippen LogP contribution in [0.5, 0.6) is 5.88 Å². The van der Waals surface area contributed by atoms with E-state index in [0.717, 1.165) is 5.56 Å². The van der Waals surface area contributed by atoms with Crippen LogP contribution in [-0.2, 0) is 4.79 Å². The summed E-state index contributed by atoms with van der Waals surface area (Å²) in [5, 5.41) is 9.90. The SMILES string of the molecule is COc1ccc(NC(=O)c2nc(-c3ccccc3)[nH]c2C)cn1.O=C(O)C(F)(F)F. The van der Waals surface area contributed by atoms with Crippen molar-refractivity contribution in [3.63, 3.8) is 0 Å². The molecule has 0 radical (unpaired) electrons. The molecule has 2 aromatic heterocycles. The van der Waals surface area contributed by atoms with Crippen LogP contribution in [0.15, 0.2) is 48.7 Å². The van der Waals surface area contributed by atoms with Gasteiger partial charge in [-0.05, 0) is 13.0 Å². The number of carboxylic acid groups (broad SMARTS) is 1. The molecule has 3 rings (SSSR count). The van der Waals surface area contributed by atoms with Crippen LogP contribution in [0, 0.1) is 6.92 Å². The van der Waals surface area contributed by atoms with Crippen molar-refractivity contribution in [2.75, 3.05) is 12.4 Å². The van der Waals surface area contributed by atoms with E-state index in [0.29, 0.717) is 28.8 Å². The van der Waals surface area contributed by atoms with Crippen molar-refractivity contribution in [3.05, 3.63) is 60.0 Å². The number of aliphatic carboxylic acids is 1. The predicted octanol–water partition coefficient (Wildman–Crippen LogP) is 3.67. The summed E-state index contributed by atoms with van der Waals surface area (Å²) in [7, 11) is 1.54. The van der Waals surface area contributed by atoms with Crippen LogP contribution in [0.1, 0.15) is 16.2 Å². The van der Waals surface area contributed by atoms with E-state index < -0.39 is 12.1 Å². The Kier molecular flexibility index (Phi) is 7.13. The highest BCUT2D eigenvalue weighted by atomic mass is 19.4. The third kappa shape index (κ3) is 6.06. The van der Waals surface area contributed by atoms with Crippen LogP contribution in [0.4, 0.5) is 18.9 Å². The van der Waals surface area contributed by atoms with E-state index in [1.807, 2.05) is 37.3 Å². The predicted molar refractivity (Wildman–Crippen MR) is 101 cm³/mol. The molecule has 0 aliphatic carbocycles. The molecule has 11 heteroatoms. The minimum atomic E-state index is -5.08. The average molecular weight is 422 g/mol. The summed E-state index contributed by atoms with van der Waals surface area (Å²) >= 11 is 0. The number of benzene rings is 1. The standard InChI is InChI=1S/C17H16N4O2.C2HF3O2/c1-11-15(21-16(19-11)12-6-4-3-5-7-12)17(22)20-13-8-9-14(23-2)18-10-13;3-2(4,5)1(6)7/h3-10H,1-2H3,(H,19,21)(H,20,22);(H,6,7). The number of carbonyl (C=O) groups is 2. The van der Waals surface area contributed by atoms with Gasteiger partial charge in [-0.1, -0.05) is 30.3 Å². The van der Waals surface area contributed by atoms with Gasteiger partial charge in [-0.25, -0.2) is 14.8 Å². The minimum absolute atomic E-state index is 0.284. The van der Waals surface area contributed by atoms with Crippen molar-refractivity contribution >= 4 is 17.6 Å². The number of carbonyl (C=O) groups excluding carboxylic acids is 1. The van der Waals surface area contributed by atoms with Gasteiger partial charge in [-0.3, -0.25) is 4.79 Å². The third-order valence-electron chi connectivity index (χ3n) is 3.59. The van der Waals surface area contributed by atoms with Crippen LogP contribution in [0.25, 0.3) is 11.4 Å². The van der Waals surface area contributed by atoms with Crippen LogP contribution in [0.3, 0.4) is 0 Å². The van der Waals surface area contributed by atoms with Crippen LogP contribution in [-0.4, -0.2) is 45.2 Å². The molecule has 0 aliphatic heterocycles. The number of H-pyrrole nitrogens is 1. The zero-order chi connectivity index (χ0) is 22.3. The molecular formula is C19H17F3N4O4. The first-order valence-corrected chi connectivity index (χ1v) is 8.35. The molecular weight excluding hydrogens is 405 g/mol. The van der Waals surface area contributed by atoms with Gasteiger partial charge < -0.3 is 20.1 Å². The molecule has 1 amide bonds. The van der Waals surface area contributed by atoms with Gasteiger partial charge in [0.05, 0.1) is 19.0 Å². The Morgan fingerprint density at radius 2 is 1.77 bits per heavy atom. The number of carboxylic acids is 1. The largest absolute Gasteiger partial charge is 0.490 e. The van der Waals surface area contributed by atoms with Crippen molar-refractivity contribution in [1.82, 2.24) is 15.0 Å². The van der Waals surface area contributed by atoms with Crippen LogP contribution < -0.4 is 10.1 Å². The molecule has 0 unspecified atom stereocenters. The van der Waals surface area contributed by atoms with Crippen LogP contribution in [0.2, 0.25) is 0 Å². The van der Waals surface area contributed by atoms with E-state index in [1.165, 1.54) is 6.20 Å². The lowest BCUT2D eigenvalue weighted by Crippen LogP contribution is -2.21. The number of nitrogens with zero attached hydrogens (tertiary/aromatic N) is 2. The number of hydrogen-bond acceptors (Lipinski definition) is 5. The number of alkyl halides is 3. The second kappa shape index (κ2) is 9.54. The third-order valence-corrected chi connectivity index (χ3v) is 3.59. The van der Waals surface area contributed by atoms with E-state index in [-0.39, 0.29) is 5.91 Å². The smallest absolute Gasteiger partial charge is 0.481 e. The summed E-state index contributed by atoms with van der Waals surface area (Å²) in [6.45, 7) is 1.82. The van der Waals surface area contributed by atoms with Gasteiger partial charge >= 0.3 is 12.1 Å². The monoisotopic (exact) mass is 422 g/mol. The number of rotatable bonds is 4. The average Bonchev–Trinajstić information content (AvgIpc) is 3.11. The number of halogens is 3. The first kappa shape index (κ1) is 22.4. The summed E-state index contributed by atoms with van der Waals surface area (Å²) < 4.78 is 36.7. The molecule has 0 aliphatic rings. The van der Waals surface area contributed by atoms with Crippen LogP contribution >= 0.6 is 0 Å². The molecule has 158 valence electrons. The lowest BCUT2D eigenvalue weighted by atomic mass is 10.2. The molecule has 0 saturated carbocycles. The molecule has 3 N–H and O–H groups in total. The Labute approximate surface area is 168 Å². The molecule has 30 heavy (non-hydrogen) atoms. The zero-order valence-electron chi connectivity index (χ0n) is 15.8. The molecule has 0 atom stereocenters. The Hall–Kier alpha value is -3.89. The van der Waals surface area contributed by atoms with Gasteiger partial charge in [0.25, 0.3) is 5.91 Å². The first-order valence-electron chi connectivity index (χ1n) is 8.35. The number of aryl methyl sites for hydroxylation is 1. The molecule has 3 aromatic rings. The van der Waals surface area contributed by atoms with Crippen molar-refractivity contribution in [1.29, 1.82) is 0 Å². The maximum Gasteiger partial charge on any atom is 0.490 e. The van der Waals surface area contributed by atoms with Crippen molar-refractivity contribution in [2.24, 2.45) is 0 Å². The van der Waals surface area contributed by atoms with Gasteiger partial charge in [0.1, 0.15) is 11.5 Å². The second-order valence-corrected chi connectivity index (χ2v) is 5.77. The highest BCUT2D eigenvalue weighted by Gasteiger charge is 2.38. The van der Waals surface area contributed by atoms with E-state index in [2.05, 4.69) is 20.3 Å². The number of anilines is 1. The number of imidazole rings is 1. The van der Waals surface area contributed by atoms with E-state index >= 15 is 0 Å². The number of aromatic amines is 1. The van der Waals surface area contributed by atoms with Gasteiger partial charge in [0.2, 0.25) is 5.88 Å². The molecule has 0 saturated heterocycles. The molecule has 0 spiro atoms. The Morgan fingerprint density at radius 3 is 2.27 bits per heavy atom. The van der Waals surface area contributed by atoms with E-state index in [4.69, 9.17) is 14.6 Å². The zero-order valence-corrected chi connectivity index (χ0v) is 15.8. The molecule has 0 bridgehead atoms. The van der Waals surface area contributed by atoms with Gasteiger partial charge in [-0.15, -0.1) is 0 Å². The fraction of sp³-hybridized carbons (Fsp3) is 0.158. The van der Waals surface area contributed by atoms with Crippen molar-refractivity contribution < 1.29 is 32.6 Å². The summed E-state index contributed by atoms with van der Waals surface area (Å²) in [6, 6.07) is 13.1. The lowest BCUT2D eigenvalue weighted by Gasteiger charge is -2.04. The molecule has 0 fully saturated rings. The Morgan fingerprint density at radius 1 is 1.13 bits per heavy atom. The van der Waals surface area contributed by atoms with Crippen molar-refractivity contribution in [3.8, 4) is 17.3 Å². The van der Waals surface area contributed by atoms with E-state index in [9.17, 15) is 18.0 Å². The number of ether oxygens (including phenoxy) is 1. The molecule has 2 heterocycles. The summed E-state index contributed by atoms with van der Waals surface area (Å²) in [4.78, 5) is 32.9. The Bertz CT molecular complexity index is 1000. The number of methoxy groups -OCH3 is 1. The Balaban J connectivity index is 0.000000396. The lowest BCUT2D eigenvalue weighted by molar-refractivity contribution is -0.192. The van der Waals surface area contributed by atoms with Gasteiger partial charge in [-0.2, -0.15) is 13.2 Å². The normalized spacial score (nSPS) is 10.6. The van der Waals surface area contributed by atoms with Gasteiger partial charge in [0.15, 0.2) is 0 Å². The summed E-state index contributed by atoms with van der Waals surface area (Å²) in [6.07, 6.45) is -3.54. The highest BCUT2D eigenvalue weighted by Crippen LogP contribution is 2.19. The highest BCUT2D eigenvalue weighted by molar-refractivity contribution is 6.04. The first-order chi connectivity index (χ1) is 14.1. The van der Waals surface area contributed by atoms with Gasteiger partial charge in [0, 0.05) is 17.3 Å². The second-order valence-electron chi connectivity index (χ2n) is 5.77. The number of pyridine rings is 1. The number of aromatic nitrogens is 3. The number of nitrogens with one attached hydrogen (secondary N) is 2. The summed E-state index contributed by atoms with van der Waals surface area (Å²) in [5.41, 5.74) is 2.59. The maximum absolute atomic E-state index is 12.4. The quantitative estimate of drug-likeness (QED) is 0.591. The van der Waals surface area contributed by atoms with Crippen molar-refractivity contribution in [2.45, 2.75) is 13.1 Å². The molecule has 1 aromatic carbocycles. The fourth-order valence-corrected chi connectivity index (χ4v) is 2.18. The fourth-order valence-electron chi connectivity index (χ4n) is 2.18. The number of hydrogen-bond donors (Lipinski definition) is 3. The molecule has 8 nitrogen and oxygen atoms in total. The minimum Gasteiger partial charge on any atom is -0.481 e. The summed E-state index contributed by atoms with van der Waals surface area (Å²) in [5.74, 6) is -1.88.